The van der Waals surface area contributed by atoms with E-state index in [1.807, 2.05) is 30.3 Å². The minimum absolute atomic E-state index is 0.210. The van der Waals surface area contributed by atoms with Gasteiger partial charge in [-0.2, -0.15) is 0 Å². The summed E-state index contributed by atoms with van der Waals surface area (Å²) in [5.74, 6) is 0.0193. The molecule has 0 unspecified atom stereocenters. The van der Waals surface area contributed by atoms with Crippen LogP contribution in [0, 0.1) is 0 Å². The zero-order valence-corrected chi connectivity index (χ0v) is 14.1. The van der Waals surface area contributed by atoms with Crippen molar-refractivity contribution in [3.8, 4) is 11.5 Å². The smallest absolute Gasteiger partial charge is 0.338 e. The van der Waals surface area contributed by atoms with E-state index >= 15 is 0 Å². The third-order valence-corrected chi connectivity index (χ3v) is 3.99. The van der Waals surface area contributed by atoms with Crippen LogP contribution in [0.3, 0.4) is 0 Å². The molecule has 1 atom stereocenters. The lowest BCUT2D eigenvalue weighted by atomic mass is 10.2. The third-order valence-electron chi connectivity index (χ3n) is 3.25. The van der Waals surface area contributed by atoms with Crippen LogP contribution in [0.5, 0.6) is 0 Å². The average molecular weight is 363 g/mol. The van der Waals surface area contributed by atoms with Crippen LogP contribution in [0.4, 0.5) is 0 Å². The van der Waals surface area contributed by atoms with Gasteiger partial charge in [-0.05, 0) is 37.3 Å². The average Bonchev–Trinajstić information content (AvgIpc) is 3.08. The topological polar surface area (TPSA) is 65.2 Å². The number of halogens is 2. The highest BCUT2D eigenvalue weighted by atomic mass is 35.5. The van der Waals surface area contributed by atoms with Gasteiger partial charge < -0.3 is 9.15 Å². The number of aromatic nitrogens is 2. The van der Waals surface area contributed by atoms with Gasteiger partial charge in [0.15, 0.2) is 6.10 Å². The SMILES string of the molecule is C[C@@H](OC(=O)c1ccc(Cl)c(Cl)c1)c1nnc(-c2ccccc2)o1. The van der Waals surface area contributed by atoms with Crippen LogP contribution in [0.15, 0.2) is 52.9 Å². The van der Waals surface area contributed by atoms with Crippen LogP contribution in [0.25, 0.3) is 11.5 Å². The molecule has 0 saturated heterocycles. The Labute approximate surface area is 148 Å². The molecule has 1 aromatic heterocycles. The highest BCUT2D eigenvalue weighted by Gasteiger charge is 2.20. The van der Waals surface area contributed by atoms with Crippen molar-refractivity contribution in [1.29, 1.82) is 0 Å². The summed E-state index contributed by atoms with van der Waals surface area (Å²) in [5.41, 5.74) is 1.08. The summed E-state index contributed by atoms with van der Waals surface area (Å²) in [6.45, 7) is 1.65. The number of hydrogen-bond donors (Lipinski definition) is 0. The van der Waals surface area contributed by atoms with Gasteiger partial charge in [-0.3, -0.25) is 0 Å². The van der Waals surface area contributed by atoms with Crippen molar-refractivity contribution in [3.63, 3.8) is 0 Å². The Morgan fingerprint density at radius 2 is 1.83 bits per heavy atom. The molecule has 0 saturated carbocycles. The Morgan fingerprint density at radius 3 is 2.54 bits per heavy atom. The van der Waals surface area contributed by atoms with E-state index in [0.29, 0.717) is 16.5 Å². The molecule has 7 heteroatoms. The molecule has 0 aliphatic heterocycles. The first-order chi connectivity index (χ1) is 11.5. The van der Waals surface area contributed by atoms with E-state index in [9.17, 15) is 4.79 Å². The summed E-state index contributed by atoms with van der Waals surface area (Å²) in [4.78, 5) is 12.2. The number of esters is 1. The van der Waals surface area contributed by atoms with Crippen LogP contribution in [0.2, 0.25) is 10.0 Å². The number of ether oxygens (including phenoxy) is 1. The highest BCUT2D eigenvalue weighted by Crippen LogP contribution is 2.25. The summed E-state index contributed by atoms with van der Waals surface area (Å²) in [7, 11) is 0. The van der Waals surface area contributed by atoms with Crippen LogP contribution < -0.4 is 0 Å². The van der Waals surface area contributed by atoms with Crippen molar-refractivity contribution in [1.82, 2.24) is 10.2 Å². The number of carbonyl (C=O) groups excluding carboxylic acids is 1. The van der Waals surface area contributed by atoms with E-state index < -0.39 is 12.1 Å². The molecule has 3 rings (SSSR count). The lowest BCUT2D eigenvalue weighted by Gasteiger charge is -2.09. The van der Waals surface area contributed by atoms with Crippen LogP contribution in [-0.4, -0.2) is 16.2 Å². The van der Waals surface area contributed by atoms with Crippen LogP contribution in [-0.2, 0) is 4.74 Å². The van der Waals surface area contributed by atoms with E-state index in [1.165, 1.54) is 18.2 Å². The van der Waals surface area contributed by atoms with Crippen LogP contribution >= 0.6 is 23.2 Å². The molecule has 122 valence electrons. The van der Waals surface area contributed by atoms with E-state index in [-0.39, 0.29) is 10.9 Å². The molecule has 0 bridgehead atoms. The second-order valence-electron chi connectivity index (χ2n) is 4.99. The van der Waals surface area contributed by atoms with E-state index in [4.69, 9.17) is 32.4 Å². The largest absolute Gasteiger partial charge is 0.449 e. The molecule has 1 heterocycles. The van der Waals surface area contributed by atoms with E-state index in [2.05, 4.69) is 10.2 Å². The van der Waals surface area contributed by atoms with Gasteiger partial charge in [0.2, 0.25) is 5.89 Å². The van der Waals surface area contributed by atoms with Crippen LogP contribution in [0.1, 0.15) is 29.3 Å². The van der Waals surface area contributed by atoms with Crippen molar-refractivity contribution < 1.29 is 13.9 Å². The molecule has 0 N–H and O–H groups in total. The highest BCUT2D eigenvalue weighted by molar-refractivity contribution is 6.42. The summed E-state index contributed by atoms with van der Waals surface area (Å²) >= 11 is 11.7. The van der Waals surface area contributed by atoms with Gasteiger partial charge in [-0.1, -0.05) is 41.4 Å². The second-order valence-corrected chi connectivity index (χ2v) is 5.80. The van der Waals surface area contributed by atoms with Gasteiger partial charge in [0.05, 0.1) is 15.6 Å². The molecular weight excluding hydrogens is 351 g/mol. The number of nitrogens with zero attached hydrogens (tertiary/aromatic N) is 2. The Hall–Kier alpha value is -2.37. The predicted octanol–water partition coefficient (Wildman–Crippen LogP) is 4.96. The number of rotatable bonds is 4. The molecule has 0 aliphatic rings. The molecule has 2 aromatic carbocycles. The first kappa shape index (κ1) is 16.5. The Balaban J connectivity index is 1.73. The number of carbonyl (C=O) groups is 1. The molecule has 0 amide bonds. The lowest BCUT2D eigenvalue weighted by Crippen LogP contribution is -2.09. The molecular formula is C17H12Cl2N2O3. The summed E-state index contributed by atoms with van der Waals surface area (Å²) in [6.07, 6.45) is -0.697. The van der Waals surface area contributed by atoms with Gasteiger partial charge in [0, 0.05) is 5.56 Å². The molecule has 0 spiro atoms. The van der Waals surface area contributed by atoms with Crippen molar-refractivity contribution in [2.24, 2.45) is 0 Å². The van der Waals surface area contributed by atoms with Crippen molar-refractivity contribution in [2.75, 3.05) is 0 Å². The van der Waals surface area contributed by atoms with Gasteiger partial charge in [-0.15, -0.1) is 10.2 Å². The predicted molar refractivity (Wildman–Crippen MR) is 90.0 cm³/mol. The maximum atomic E-state index is 12.2. The summed E-state index contributed by atoms with van der Waals surface area (Å²) in [6, 6.07) is 13.8. The molecule has 0 fully saturated rings. The van der Waals surface area contributed by atoms with Gasteiger partial charge in [-0.25, -0.2) is 4.79 Å². The molecule has 0 aliphatic carbocycles. The van der Waals surface area contributed by atoms with Gasteiger partial charge in [0.25, 0.3) is 5.89 Å². The number of benzene rings is 2. The minimum atomic E-state index is -0.697. The summed E-state index contributed by atoms with van der Waals surface area (Å²) < 4.78 is 10.9. The lowest BCUT2D eigenvalue weighted by molar-refractivity contribution is 0.0280. The molecule has 3 aromatic rings. The Bertz CT molecular complexity index is 865. The second kappa shape index (κ2) is 7.03. The first-order valence-corrected chi connectivity index (χ1v) is 7.85. The monoisotopic (exact) mass is 362 g/mol. The minimum Gasteiger partial charge on any atom is -0.449 e. The maximum Gasteiger partial charge on any atom is 0.338 e. The molecule has 5 nitrogen and oxygen atoms in total. The van der Waals surface area contributed by atoms with Crippen molar-refractivity contribution in [2.45, 2.75) is 13.0 Å². The van der Waals surface area contributed by atoms with E-state index in [1.54, 1.807) is 6.92 Å². The maximum absolute atomic E-state index is 12.2. The zero-order valence-electron chi connectivity index (χ0n) is 12.6. The van der Waals surface area contributed by atoms with Gasteiger partial charge >= 0.3 is 5.97 Å². The van der Waals surface area contributed by atoms with Crippen molar-refractivity contribution in [3.05, 3.63) is 70.0 Å². The normalized spacial score (nSPS) is 12.0. The standard InChI is InChI=1S/C17H12Cl2N2O3/c1-10(23-17(22)12-7-8-13(18)14(19)9-12)15-20-21-16(24-15)11-5-3-2-4-6-11/h2-10H,1H3/t10-/m1/s1. The Morgan fingerprint density at radius 1 is 1.08 bits per heavy atom. The quantitative estimate of drug-likeness (QED) is 0.613. The third kappa shape index (κ3) is 3.58. The molecule has 0 radical (unpaired) electrons. The van der Waals surface area contributed by atoms with Crippen molar-refractivity contribution >= 4 is 29.2 Å². The fraction of sp³-hybridized carbons (Fsp3) is 0.118. The number of hydrogen-bond acceptors (Lipinski definition) is 5. The fourth-order valence-corrected chi connectivity index (χ4v) is 2.30. The van der Waals surface area contributed by atoms with Gasteiger partial charge in [0.1, 0.15) is 0 Å². The van der Waals surface area contributed by atoms with E-state index in [0.717, 1.165) is 5.56 Å². The zero-order chi connectivity index (χ0) is 17.1. The Kier molecular flexibility index (Phi) is 4.83. The summed E-state index contributed by atoms with van der Waals surface area (Å²) in [5, 5.41) is 8.54. The molecule has 24 heavy (non-hydrogen) atoms. The fourth-order valence-electron chi connectivity index (χ4n) is 2.00. The first-order valence-electron chi connectivity index (χ1n) is 7.09.